The number of carbonyl (C=O) groups excluding carboxylic acids is 2. The highest BCUT2D eigenvalue weighted by Gasteiger charge is 2.26. The number of hydrogen-bond donors (Lipinski definition) is 1. The molecule has 1 aliphatic heterocycles. The predicted molar refractivity (Wildman–Crippen MR) is 113 cm³/mol. The molecule has 7 nitrogen and oxygen atoms in total. The molecule has 2 heterocycles. The summed E-state index contributed by atoms with van der Waals surface area (Å²) in [6, 6.07) is 16.1. The van der Waals surface area contributed by atoms with Gasteiger partial charge in [-0.05, 0) is 60.5 Å². The van der Waals surface area contributed by atoms with Crippen LogP contribution in [0.3, 0.4) is 0 Å². The number of pyridine rings is 1. The van der Waals surface area contributed by atoms with Crippen LogP contribution in [0.1, 0.15) is 15.9 Å². The average Bonchev–Trinajstić information content (AvgIpc) is 3.21. The van der Waals surface area contributed by atoms with E-state index in [1.807, 2.05) is 18.2 Å². The van der Waals surface area contributed by atoms with Crippen LogP contribution in [0, 0.1) is 0 Å². The Labute approximate surface area is 174 Å². The number of nitrogens with one attached hydrogen (secondary N) is 1. The molecule has 0 fully saturated rings. The summed E-state index contributed by atoms with van der Waals surface area (Å²) in [6.07, 6.45) is 3.97. The van der Waals surface area contributed by atoms with Gasteiger partial charge < -0.3 is 19.7 Å². The van der Waals surface area contributed by atoms with E-state index >= 15 is 0 Å². The van der Waals surface area contributed by atoms with E-state index in [1.54, 1.807) is 60.8 Å². The molecule has 0 saturated heterocycles. The Morgan fingerprint density at radius 1 is 1.10 bits per heavy atom. The third-order valence-corrected chi connectivity index (χ3v) is 4.85. The topological polar surface area (TPSA) is 80.8 Å². The Morgan fingerprint density at radius 2 is 1.90 bits per heavy atom. The average molecular weight is 403 g/mol. The summed E-state index contributed by atoms with van der Waals surface area (Å²) in [5.41, 5.74) is 3.02. The Balaban J connectivity index is 1.41. The summed E-state index contributed by atoms with van der Waals surface area (Å²) in [4.78, 5) is 30.9. The minimum atomic E-state index is -0.283. The number of carbonyl (C=O) groups is 2. The van der Waals surface area contributed by atoms with Crippen LogP contribution in [0.15, 0.2) is 67.0 Å². The van der Waals surface area contributed by atoms with Crippen LogP contribution in [0.4, 0.5) is 11.4 Å². The number of fused-ring (bicyclic) bond motifs is 1. The lowest BCUT2D eigenvalue weighted by molar-refractivity contribution is -0.118. The molecule has 7 heteroatoms. The molecule has 0 saturated carbocycles. The number of amides is 2. The van der Waals surface area contributed by atoms with Gasteiger partial charge in [-0.15, -0.1) is 0 Å². The summed E-state index contributed by atoms with van der Waals surface area (Å²) >= 11 is 0. The minimum Gasteiger partial charge on any atom is -0.497 e. The molecular formula is C23H21N3O4. The summed E-state index contributed by atoms with van der Waals surface area (Å²) in [6.45, 7) is 0.475. The standard InChI is InChI=1S/C23H21N3O4/c1-29-19-6-8-20(9-7-19)30-15-22(27)25-18-5-4-16-10-12-26(21(16)13-18)23(28)17-3-2-11-24-14-17/h2-9,11,13-14H,10,12,15H2,1H3,(H,25,27). The summed E-state index contributed by atoms with van der Waals surface area (Å²) in [5.74, 6) is 0.908. The van der Waals surface area contributed by atoms with E-state index in [0.717, 1.165) is 23.4 Å². The molecule has 1 aromatic heterocycles. The number of rotatable bonds is 6. The van der Waals surface area contributed by atoms with Crippen molar-refractivity contribution in [2.75, 3.05) is 30.5 Å². The van der Waals surface area contributed by atoms with Gasteiger partial charge in [0.05, 0.1) is 12.7 Å². The van der Waals surface area contributed by atoms with E-state index in [1.165, 1.54) is 0 Å². The Morgan fingerprint density at radius 3 is 2.63 bits per heavy atom. The normalized spacial score (nSPS) is 12.2. The number of hydrogen-bond acceptors (Lipinski definition) is 5. The molecule has 2 aromatic carbocycles. The highest BCUT2D eigenvalue weighted by atomic mass is 16.5. The lowest BCUT2D eigenvalue weighted by atomic mass is 10.1. The van der Waals surface area contributed by atoms with Crippen LogP contribution < -0.4 is 19.7 Å². The highest BCUT2D eigenvalue weighted by molar-refractivity contribution is 6.07. The summed E-state index contributed by atoms with van der Waals surface area (Å²) < 4.78 is 10.6. The number of aromatic nitrogens is 1. The van der Waals surface area contributed by atoms with Gasteiger partial charge in [-0.1, -0.05) is 6.07 Å². The second-order valence-electron chi connectivity index (χ2n) is 6.80. The fourth-order valence-corrected chi connectivity index (χ4v) is 3.33. The van der Waals surface area contributed by atoms with Crippen molar-refractivity contribution in [3.63, 3.8) is 0 Å². The summed E-state index contributed by atoms with van der Waals surface area (Å²) in [7, 11) is 1.59. The molecule has 1 N–H and O–H groups in total. The van der Waals surface area contributed by atoms with E-state index < -0.39 is 0 Å². The zero-order valence-electron chi connectivity index (χ0n) is 16.5. The number of ether oxygens (including phenoxy) is 2. The maximum Gasteiger partial charge on any atom is 0.262 e. The Bertz CT molecular complexity index is 1050. The smallest absolute Gasteiger partial charge is 0.262 e. The van der Waals surface area contributed by atoms with Crippen molar-refractivity contribution in [2.24, 2.45) is 0 Å². The maximum atomic E-state index is 12.8. The first-order valence-corrected chi connectivity index (χ1v) is 9.55. The van der Waals surface area contributed by atoms with Crippen LogP contribution in [0.5, 0.6) is 11.5 Å². The lowest BCUT2D eigenvalue weighted by Gasteiger charge is -2.18. The number of anilines is 2. The van der Waals surface area contributed by atoms with Gasteiger partial charge in [0, 0.05) is 30.3 Å². The molecule has 4 rings (SSSR count). The Hall–Kier alpha value is -3.87. The SMILES string of the molecule is COc1ccc(OCC(=O)Nc2ccc3c(c2)N(C(=O)c2cccnc2)CC3)cc1. The van der Waals surface area contributed by atoms with Gasteiger partial charge >= 0.3 is 0 Å². The van der Waals surface area contributed by atoms with E-state index in [-0.39, 0.29) is 18.4 Å². The molecule has 1 aliphatic rings. The fourth-order valence-electron chi connectivity index (χ4n) is 3.33. The molecule has 0 bridgehead atoms. The molecule has 152 valence electrons. The zero-order valence-corrected chi connectivity index (χ0v) is 16.5. The van der Waals surface area contributed by atoms with E-state index in [0.29, 0.717) is 23.5 Å². The van der Waals surface area contributed by atoms with Gasteiger partial charge in [0.2, 0.25) is 0 Å². The van der Waals surface area contributed by atoms with Gasteiger partial charge in [0.1, 0.15) is 11.5 Å². The predicted octanol–water partition coefficient (Wildman–Crippen LogP) is 3.31. The second kappa shape index (κ2) is 8.65. The monoisotopic (exact) mass is 403 g/mol. The number of methoxy groups -OCH3 is 1. The first kappa shape index (κ1) is 19.4. The molecule has 30 heavy (non-hydrogen) atoms. The third-order valence-electron chi connectivity index (χ3n) is 4.85. The lowest BCUT2D eigenvalue weighted by Crippen LogP contribution is -2.29. The van der Waals surface area contributed by atoms with Gasteiger partial charge in [-0.2, -0.15) is 0 Å². The quantitative estimate of drug-likeness (QED) is 0.683. The van der Waals surface area contributed by atoms with Crippen molar-refractivity contribution in [3.8, 4) is 11.5 Å². The largest absolute Gasteiger partial charge is 0.497 e. The second-order valence-corrected chi connectivity index (χ2v) is 6.80. The third kappa shape index (κ3) is 4.25. The van der Waals surface area contributed by atoms with Gasteiger partial charge in [0.15, 0.2) is 6.61 Å². The molecule has 0 radical (unpaired) electrons. The zero-order chi connectivity index (χ0) is 20.9. The first-order chi connectivity index (χ1) is 14.6. The van der Waals surface area contributed by atoms with Crippen LogP contribution in [-0.2, 0) is 11.2 Å². The van der Waals surface area contributed by atoms with Crippen LogP contribution >= 0.6 is 0 Å². The molecule has 0 unspecified atom stereocenters. The van der Waals surface area contributed by atoms with Crippen LogP contribution in [-0.4, -0.2) is 37.1 Å². The van der Waals surface area contributed by atoms with Crippen molar-refractivity contribution < 1.29 is 19.1 Å². The van der Waals surface area contributed by atoms with Crippen molar-refractivity contribution in [1.29, 1.82) is 0 Å². The number of nitrogens with zero attached hydrogens (tertiary/aromatic N) is 2. The van der Waals surface area contributed by atoms with Crippen LogP contribution in [0.2, 0.25) is 0 Å². The van der Waals surface area contributed by atoms with Gasteiger partial charge in [-0.3, -0.25) is 14.6 Å². The summed E-state index contributed by atoms with van der Waals surface area (Å²) in [5, 5.41) is 2.82. The molecule has 2 amide bonds. The first-order valence-electron chi connectivity index (χ1n) is 9.55. The van der Waals surface area contributed by atoms with Crippen molar-refractivity contribution in [2.45, 2.75) is 6.42 Å². The maximum absolute atomic E-state index is 12.8. The molecular weight excluding hydrogens is 382 g/mol. The number of benzene rings is 2. The van der Waals surface area contributed by atoms with Crippen molar-refractivity contribution in [1.82, 2.24) is 4.98 Å². The molecule has 0 atom stereocenters. The Kier molecular flexibility index (Phi) is 5.61. The highest BCUT2D eigenvalue weighted by Crippen LogP contribution is 2.32. The molecule has 0 aliphatic carbocycles. The molecule has 3 aromatic rings. The van der Waals surface area contributed by atoms with Gasteiger partial charge in [0.25, 0.3) is 11.8 Å². The van der Waals surface area contributed by atoms with Crippen molar-refractivity contribution in [3.05, 3.63) is 78.1 Å². The fraction of sp³-hybridized carbons (Fsp3) is 0.174. The van der Waals surface area contributed by atoms with E-state index in [9.17, 15) is 9.59 Å². The molecule has 0 spiro atoms. The van der Waals surface area contributed by atoms with E-state index in [2.05, 4.69) is 10.3 Å². The van der Waals surface area contributed by atoms with Crippen LogP contribution in [0.25, 0.3) is 0 Å². The van der Waals surface area contributed by atoms with E-state index in [4.69, 9.17) is 9.47 Å². The van der Waals surface area contributed by atoms with Crippen molar-refractivity contribution >= 4 is 23.2 Å². The van der Waals surface area contributed by atoms with Gasteiger partial charge in [-0.25, -0.2) is 0 Å². The minimum absolute atomic E-state index is 0.104.